The van der Waals surface area contributed by atoms with Gasteiger partial charge in [0.25, 0.3) is 5.91 Å². The second-order valence-electron chi connectivity index (χ2n) is 8.76. The van der Waals surface area contributed by atoms with E-state index in [1.165, 1.54) is 16.8 Å². The Morgan fingerprint density at radius 2 is 1.71 bits per heavy atom. The van der Waals surface area contributed by atoms with E-state index in [4.69, 9.17) is 27.6 Å². The van der Waals surface area contributed by atoms with Gasteiger partial charge in [-0.05, 0) is 85.1 Å². The first-order valence-electron chi connectivity index (χ1n) is 11.5. The Bertz CT molecular complexity index is 1610. The number of benzene rings is 3. The zero-order chi connectivity index (χ0) is 27.4. The average Bonchev–Trinajstić information content (AvgIpc) is 3.32. The van der Waals surface area contributed by atoms with Crippen LogP contribution in [0.3, 0.4) is 0 Å². The van der Waals surface area contributed by atoms with Crippen LogP contribution in [0.1, 0.15) is 32.8 Å². The number of hydrogen-bond donors (Lipinski definition) is 1. The summed E-state index contributed by atoms with van der Waals surface area (Å²) >= 11 is 12.2. The number of nitrogens with zero attached hydrogens (tertiary/aromatic N) is 2. The molecule has 1 amide bonds. The molecule has 0 saturated heterocycles. The minimum atomic E-state index is -3.52. The number of rotatable bonds is 8. The van der Waals surface area contributed by atoms with Crippen molar-refractivity contribution in [1.29, 1.82) is 0 Å². The number of halogens is 2. The summed E-state index contributed by atoms with van der Waals surface area (Å²) in [5.74, 6) is 0.544. The van der Waals surface area contributed by atoms with Crippen molar-refractivity contribution in [1.82, 2.24) is 5.43 Å². The normalized spacial score (nSPS) is 11.6. The molecule has 196 valence electrons. The summed E-state index contributed by atoms with van der Waals surface area (Å²) in [5, 5.41) is 4.94. The zero-order valence-corrected chi connectivity index (χ0v) is 23.2. The van der Waals surface area contributed by atoms with Crippen LogP contribution >= 0.6 is 23.2 Å². The van der Waals surface area contributed by atoms with Gasteiger partial charge in [-0.25, -0.2) is 13.8 Å². The number of amides is 1. The molecule has 1 N–H and O–H groups in total. The molecule has 4 aromatic rings. The molecule has 38 heavy (non-hydrogen) atoms. The van der Waals surface area contributed by atoms with Gasteiger partial charge < -0.3 is 4.42 Å². The third-order valence-electron chi connectivity index (χ3n) is 5.90. The first-order chi connectivity index (χ1) is 18.0. The van der Waals surface area contributed by atoms with Crippen molar-refractivity contribution >= 4 is 51.0 Å². The smallest absolute Gasteiger partial charge is 0.271 e. The number of anilines is 1. The van der Waals surface area contributed by atoms with Crippen molar-refractivity contribution < 1.29 is 17.6 Å². The van der Waals surface area contributed by atoms with E-state index in [2.05, 4.69) is 10.5 Å². The van der Waals surface area contributed by atoms with Gasteiger partial charge >= 0.3 is 0 Å². The van der Waals surface area contributed by atoms with Crippen molar-refractivity contribution in [2.45, 2.75) is 20.4 Å². The minimum absolute atomic E-state index is 0.139. The number of aryl methyl sites for hydroxylation is 2. The van der Waals surface area contributed by atoms with Crippen molar-refractivity contribution in [2.24, 2.45) is 5.10 Å². The van der Waals surface area contributed by atoms with E-state index in [1.807, 2.05) is 26.0 Å². The van der Waals surface area contributed by atoms with E-state index in [1.54, 1.807) is 60.7 Å². The molecule has 0 fully saturated rings. The summed E-state index contributed by atoms with van der Waals surface area (Å²) in [7, 11) is -3.52. The quantitative estimate of drug-likeness (QED) is 0.191. The lowest BCUT2D eigenvalue weighted by molar-refractivity contribution is 0.0955. The summed E-state index contributed by atoms with van der Waals surface area (Å²) in [6, 6.07) is 20.7. The van der Waals surface area contributed by atoms with Crippen molar-refractivity contribution in [3.05, 3.63) is 111 Å². The lowest BCUT2D eigenvalue weighted by atomic mass is 10.1. The van der Waals surface area contributed by atoms with Crippen LogP contribution in [-0.2, 0) is 16.6 Å². The van der Waals surface area contributed by atoms with Crippen molar-refractivity contribution in [3.63, 3.8) is 0 Å². The Kier molecular flexibility index (Phi) is 8.26. The van der Waals surface area contributed by atoms with Crippen molar-refractivity contribution in [2.75, 3.05) is 10.6 Å². The SMILES string of the molecule is Cc1ccc(N(Cc2ccc(C(=O)N/N=C\c3ccc(-c4ccc(Cl)cc4Cl)o3)cc2)S(C)(=O)=O)cc1C. The fourth-order valence-corrected chi connectivity index (χ4v) is 5.07. The standard InChI is InChI=1S/C28H25Cl2N3O4S/c1-18-4-10-23(14-19(18)2)33(38(3,35)36)17-20-5-7-21(8-6-20)28(34)32-31-16-24-11-13-27(37-24)25-12-9-22(29)15-26(25)30/h4-16H,17H2,1-3H3,(H,32,34)/b31-16-. The predicted octanol–water partition coefficient (Wildman–Crippen LogP) is 6.60. The largest absolute Gasteiger partial charge is 0.455 e. The molecule has 0 atom stereocenters. The van der Waals surface area contributed by atoms with E-state index in [0.717, 1.165) is 16.7 Å². The molecule has 3 aromatic carbocycles. The van der Waals surface area contributed by atoms with Crippen LogP contribution in [0.15, 0.2) is 82.3 Å². The number of carbonyl (C=O) groups excluding carboxylic acids is 1. The molecule has 0 aliphatic rings. The topological polar surface area (TPSA) is 92.0 Å². The number of furan rings is 1. The first kappa shape index (κ1) is 27.4. The fourth-order valence-electron chi connectivity index (χ4n) is 3.68. The Morgan fingerprint density at radius 1 is 0.974 bits per heavy atom. The van der Waals surface area contributed by atoms with Gasteiger partial charge in [-0.15, -0.1) is 0 Å². The number of hydrazone groups is 1. The van der Waals surface area contributed by atoms with Gasteiger partial charge in [0.15, 0.2) is 0 Å². The Balaban J connectivity index is 1.40. The fraction of sp³-hybridized carbons (Fsp3) is 0.143. The molecule has 0 saturated carbocycles. The Morgan fingerprint density at radius 3 is 2.37 bits per heavy atom. The van der Waals surface area contributed by atoms with Crippen LogP contribution < -0.4 is 9.73 Å². The van der Waals surface area contributed by atoms with Gasteiger partial charge in [0.1, 0.15) is 11.5 Å². The molecule has 0 aliphatic heterocycles. The highest BCUT2D eigenvalue weighted by Crippen LogP contribution is 2.31. The summed E-state index contributed by atoms with van der Waals surface area (Å²) in [6.07, 6.45) is 2.56. The third-order valence-corrected chi connectivity index (χ3v) is 7.59. The molecule has 1 aromatic heterocycles. The molecule has 7 nitrogen and oxygen atoms in total. The lowest BCUT2D eigenvalue weighted by Crippen LogP contribution is -2.29. The molecule has 0 spiro atoms. The first-order valence-corrected chi connectivity index (χ1v) is 14.1. The number of sulfonamides is 1. The summed E-state index contributed by atoms with van der Waals surface area (Å²) in [4.78, 5) is 12.5. The maximum absolute atomic E-state index is 12.5. The number of nitrogens with one attached hydrogen (secondary N) is 1. The highest BCUT2D eigenvalue weighted by molar-refractivity contribution is 7.92. The van der Waals surface area contributed by atoms with E-state index < -0.39 is 15.9 Å². The molecule has 1 heterocycles. The van der Waals surface area contributed by atoms with Crippen LogP contribution in [0, 0.1) is 13.8 Å². The second-order valence-corrected chi connectivity index (χ2v) is 11.5. The average molecular weight is 570 g/mol. The van der Waals surface area contributed by atoms with E-state index in [9.17, 15) is 13.2 Å². The molecular weight excluding hydrogens is 545 g/mol. The van der Waals surface area contributed by atoms with E-state index in [0.29, 0.717) is 38.4 Å². The van der Waals surface area contributed by atoms with Crippen LogP contribution in [0.25, 0.3) is 11.3 Å². The maximum Gasteiger partial charge on any atom is 0.271 e. The third kappa shape index (κ3) is 6.64. The lowest BCUT2D eigenvalue weighted by Gasteiger charge is -2.23. The second kappa shape index (κ2) is 11.4. The zero-order valence-electron chi connectivity index (χ0n) is 20.9. The molecule has 10 heteroatoms. The van der Waals surface area contributed by atoms with Gasteiger partial charge in [0, 0.05) is 16.1 Å². The van der Waals surface area contributed by atoms with E-state index in [-0.39, 0.29) is 6.54 Å². The Labute approximate surface area is 231 Å². The van der Waals surface area contributed by atoms with Gasteiger partial charge in [-0.2, -0.15) is 5.10 Å². The maximum atomic E-state index is 12.5. The molecule has 0 bridgehead atoms. The number of hydrogen-bond acceptors (Lipinski definition) is 5. The predicted molar refractivity (Wildman–Crippen MR) is 153 cm³/mol. The van der Waals surface area contributed by atoms with Crippen LogP contribution in [0.5, 0.6) is 0 Å². The van der Waals surface area contributed by atoms with E-state index >= 15 is 0 Å². The highest BCUT2D eigenvalue weighted by atomic mass is 35.5. The Hall–Kier alpha value is -3.59. The number of carbonyl (C=O) groups is 1. The molecule has 0 radical (unpaired) electrons. The van der Waals surface area contributed by atoms with Gasteiger partial charge in [0.2, 0.25) is 10.0 Å². The molecular formula is C28H25Cl2N3O4S. The monoisotopic (exact) mass is 569 g/mol. The van der Waals surface area contributed by atoms with Gasteiger partial charge in [0.05, 0.1) is 29.7 Å². The van der Waals surface area contributed by atoms with Crippen LogP contribution in [-0.4, -0.2) is 26.8 Å². The van der Waals surface area contributed by atoms with Crippen LogP contribution in [0.2, 0.25) is 10.0 Å². The molecule has 4 rings (SSSR count). The highest BCUT2D eigenvalue weighted by Gasteiger charge is 2.19. The van der Waals surface area contributed by atoms with Crippen molar-refractivity contribution in [3.8, 4) is 11.3 Å². The summed E-state index contributed by atoms with van der Waals surface area (Å²) in [6.45, 7) is 4.05. The van der Waals surface area contributed by atoms with Gasteiger partial charge in [-0.3, -0.25) is 9.10 Å². The molecule has 0 unspecified atom stereocenters. The summed E-state index contributed by atoms with van der Waals surface area (Å²) < 4.78 is 32.0. The minimum Gasteiger partial charge on any atom is -0.455 e. The summed E-state index contributed by atoms with van der Waals surface area (Å²) in [5.41, 5.74) is 6.92. The van der Waals surface area contributed by atoms with Crippen LogP contribution in [0.4, 0.5) is 5.69 Å². The molecule has 0 aliphatic carbocycles. The van der Waals surface area contributed by atoms with Gasteiger partial charge in [-0.1, -0.05) is 41.4 Å².